The van der Waals surface area contributed by atoms with Crippen molar-refractivity contribution in [3.8, 4) is 11.1 Å². The first-order valence-electron chi connectivity index (χ1n) is 11.6. The number of hydrogen-bond donors (Lipinski definition) is 0. The number of carbonyl (C=O) groups is 4. The first-order chi connectivity index (χ1) is 17.3. The molecule has 1 aliphatic carbocycles. The van der Waals surface area contributed by atoms with E-state index in [0.29, 0.717) is 0 Å². The lowest BCUT2D eigenvalue weighted by molar-refractivity contribution is -0.170. The lowest BCUT2D eigenvalue weighted by Gasteiger charge is -2.39. The predicted octanol–water partition coefficient (Wildman–Crippen LogP) is 3.56. The Morgan fingerprint density at radius 1 is 0.750 bits per heavy atom. The van der Waals surface area contributed by atoms with Gasteiger partial charge in [-0.2, -0.15) is 0 Å². The summed E-state index contributed by atoms with van der Waals surface area (Å²) in [5.41, 5.74) is 4.31. The summed E-state index contributed by atoms with van der Waals surface area (Å²) in [7, 11) is 0. The highest BCUT2D eigenvalue weighted by molar-refractivity contribution is 5.79. The standard InChI is InChI=1S/C27H27NO8/c1-16(29)33-15-24-26(36-18(3)31)25(35-17(2)30)12-13-28(24)27(32)34-14-23-21-10-6-4-8-19(21)20-9-5-7-11-22(20)23/h4-13,23-26H,14-15H2,1-3H3/t24-,25+,26+/m1/s1. The Hall–Kier alpha value is -4.14. The summed E-state index contributed by atoms with van der Waals surface area (Å²) in [6.45, 7) is 3.42. The van der Waals surface area contributed by atoms with Crippen molar-refractivity contribution in [2.24, 2.45) is 0 Å². The molecular formula is C27H27NO8. The molecule has 2 aliphatic rings. The van der Waals surface area contributed by atoms with Gasteiger partial charge in [0.05, 0.1) is 0 Å². The molecule has 0 spiro atoms. The van der Waals surface area contributed by atoms with Crippen LogP contribution >= 0.6 is 0 Å². The van der Waals surface area contributed by atoms with E-state index in [2.05, 4.69) is 0 Å². The van der Waals surface area contributed by atoms with Crippen LogP contribution in [0.3, 0.4) is 0 Å². The van der Waals surface area contributed by atoms with Gasteiger partial charge in [0, 0.05) is 32.9 Å². The number of nitrogens with zero attached hydrogens (tertiary/aromatic N) is 1. The number of ether oxygens (including phenoxy) is 4. The summed E-state index contributed by atoms with van der Waals surface area (Å²) in [6.07, 6.45) is 0.0333. The topological polar surface area (TPSA) is 108 Å². The fraction of sp³-hybridized carbons (Fsp3) is 0.333. The van der Waals surface area contributed by atoms with E-state index in [0.717, 1.165) is 22.3 Å². The molecule has 188 valence electrons. The molecule has 0 radical (unpaired) electrons. The van der Waals surface area contributed by atoms with E-state index in [1.165, 1.54) is 37.9 Å². The van der Waals surface area contributed by atoms with Crippen LogP contribution < -0.4 is 0 Å². The Morgan fingerprint density at radius 3 is 1.89 bits per heavy atom. The minimum atomic E-state index is -1.10. The van der Waals surface area contributed by atoms with Crippen LogP contribution in [0.25, 0.3) is 11.1 Å². The van der Waals surface area contributed by atoms with Crippen LogP contribution in [0.1, 0.15) is 37.8 Å². The molecule has 1 amide bonds. The normalized spacial score (nSPS) is 20.2. The highest BCUT2D eigenvalue weighted by atomic mass is 16.6. The fourth-order valence-corrected chi connectivity index (χ4v) is 4.65. The molecule has 9 heteroatoms. The molecule has 0 saturated carbocycles. The minimum absolute atomic E-state index is 0.0725. The summed E-state index contributed by atoms with van der Waals surface area (Å²) >= 11 is 0. The quantitative estimate of drug-likeness (QED) is 0.444. The highest BCUT2D eigenvalue weighted by Crippen LogP contribution is 2.44. The maximum atomic E-state index is 13.3. The van der Waals surface area contributed by atoms with E-state index in [1.807, 2.05) is 48.5 Å². The lowest BCUT2D eigenvalue weighted by Crippen LogP contribution is -2.56. The number of fused-ring (bicyclic) bond motifs is 3. The van der Waals surface area contributed by atoms with E-state index >= 15 is 0 Å². The Balaban J connectivity index is 1.57. The number of benzene rings is 2. The molecular weight excluding hydrogens is 466 g/mol. The molecule has 1 heterocycles. The van der Waals surface area contributed by atoms with Gasteiger partial charge in [-0.25, -0.2) is 4.79 Å². The number of carbonyl (C=O) groups excluding carboxylic acids is 4. The number of rotatable bonds is 6. The Labute approximate surface area is 208 Å². The molecule has 0 fully saturated rings. The van der Waals surface area contributed by atoms with E-state index in [-0.39, 0.29) is 19.1 Å². The van der Waals surface area contributed by atoms with Gasteiger partial charge in [0.25, 0.3) is 0 Å². The SMILES string of the molecule is CC(=O)OC[C@@H]1[C@H](OC(C)=O)[C@@H](OC(C)=O)C=CN1C(=O)OCC1c2ccccc2-c2ccccc21. The Bertz CT molecular complexity index is 1160. The molecule has 0 aromatic heterocycles. The minimum Gasteiger partial charge on any atom is -0.464 e. The molecule has 0 N–H and O–H groups in total. The second-order valence-corrected chi connectivity index (χ2v) is 8.57. The van der Waals surface area contributed by atoms with Crippen molar-refractivity contribution in [1.82, 2.24) is 4.90 Å². The van der Waals surface area contributed by atoms with Gasteiger partial charge in [0.2, 0.25) is 0 Å². The van der Waals surface area contributed by atoms with Crippen molar-refractivity contribution in [2.75, 3.05) is 13.2 Å². The van der Waals surface area contributed by atoms with Crippen LogP contribution in [0.4, 0.5) is 4.79 Å². The third-order valence-corrected chi connectivity index (χ3v) is 6.11. The van der Waals surface area contributed by atoms with Crippen LogP contribution in [0.2, 0.25) is 0 Å². The Morgan fingerprint density at radius 2 is 1.33 bits per heavy atom. The summed E-state index contributed by atoms with van der Waals surface area (Å²) in [6, 6.07) is 15.0. The van der Waals surface area contributed by atoms with Crippen LogP contribution in [0.15, 0.2) is 60.8 Å². The van der Waals surface area contributed by atoms with Crippen molar-refractivity contribution >= 4 is 24.0 Å². The van der Waals surface area contributed by atoms with Gasteiger partial charge in [-0.1, -0.05) is 48.5 Å². The van der Waals surface area contributed by atoms with Gasteiger partial charge in [-0.3, -0.25) is 19.3 Å². The van der Waals surface area contributed by atoms with Crippen molar-refractivity contribution < 1.29 is 38.1 Å². The second-order valence-electron chi connectivity index (χ2n) is 8.57. The highest BCUT2D eigenvalue weighted by Gasteiger charge is 2.43. The van der Waals surface area contributed by atoms with Crippen molar-refractivity contribution in [3.63, 3.8) is 0 Å². The van der Waals surface area contributed by atoms with Gasteiger partial charge in [-0.15, -0.1) is 0 Å². The maximum Gasteiger partial charge on any atom is 0.414 e. The Kier molecular flexibility index (Phi) is 7.38. The second kappa shape index (κ2) is 10.6. The molecule has 36 heavy (non-hydrogen) atoms. The van der Waals surface area contributed by atoms with E-state index in [9.17, 15) is 19.2 Å². The van der Waals surface area contributed by atoms with Crippen LogP contribution in [-0.2, 0) is 33.3 Å². The fourth-order valence-electron chi connectivity index (χ4n) is 4.65. The molecule has 2 aromatic rings. The first kappa shape index (κ1) is 25.0. The molecule has 4 rings (SSSR count). The number of esters is 3. The third kappa shape index (κ3) is 5.25. The van der Waals surface area contributed by atoms with Gasteiger partial charge < -0.3 is 18.9 Å². The van der Waals surface area contributed by atoms with Crippen molar-refractivity contribution in [3.05, 3.63) is 71.9 Å². The van der Waals surface area contributed by atoms with Crippen LogP contribution in [0.5, 0.6) is 0 Å². The summed E-state index contributed by atoms with van der Waals surface area (Å²) in [4.78, 5) is 49.4. The van der Waals surface area contributed by atoms with Gasteiger partial charge >= 0.3 is 24.0 Å². The molecule has 2 aromatic carbocycles. The third-order valence-electron chi connectivity index (χ3n) is 6.11. The zero-order valence-corrected chi connectivity index (χ0v) is 20.2. The maximum absolute atomic E-state index is 13.3. The first-order valence-corrected chi connectivity index (χ1v) is 11.6. The molecule has 9 nitrogen and oxygen atoms in total. The zero-order valence-electron chi connectivity index (χ0n) is 20.2. The van der Waals surface area contributed by atoms with Crippen molar-refractivity contribution in [1.29, 1.82) is 0 Å². The number of hydrogen-bond acceptors (Lipinski definition) is 8. The summed E-state index contributed by atoms with van der Waals surface area (Å²) in [5.74, 6) is -1.97. The van der Waals surface area contributed by atoms with Crippen LogP contribution in [0, 0.1) is 0 Å². The van der Waals surface area contributed by atoms with E-state index < -0.39 is 42.3 Å². The van der Waals surface area contributed by atoms with E-state index in [1.54, 1.807) is 0 Å². The molecule has 1 aliphatic heterocycles. The smallest absolute Gasteiger partial charge is 0.414 e. The lowest BCUT2D eigenvalue weighted by atomic mass is 9.98. The molecule has 3 atom stereocenters. The molecule has 0 unspecified atom stereocenters. The van der Waals surface area contributed by atoms with Crippen molar-refractivity contribution in [2.45, 2.75) is 44.9 Å². The van der Waals surface area contributed by atoms with Gasteiger partial charge in [-0.05, 0) is 28.3 Å². The van der Waals surface area contributed by atoms with Gasteiger partial charge in [0.15, 0.2) is 12.2 Å². The van der Waals surface area contributed by atoms with Crippen LogP contribution in [-0.4, -0.2) is 60.4 Å². The molecule has 0 saturated heterocycles. The van der Waals surface area contributed by atoms with E-state index in [4.69, 9.17) is 18.9 Å². The zero-order chi connectivity index (χ0) is 25.8. The monoisotopic (exact) mass is 493 g/mol. The summed E-state index contributed by atoms with van der Waals surface area (Å²) in [5, 5.41) is 0. The predicted molar refractivity (Wildman–Crippen MR) is 128 cm³/mol. The summed E-state index contributed by atoms with van der Waals surface area (Å²) < 4.78 is 21.5. The largest absolute Gasteiger partial charge is 0.464 e. The average Bonchev–Trinajstić information content (AvgIpc) is 3.15. The average molecular weight is 494 g/mol. The number of amides is 1. The van der Waals surface area contributed by atoms with Gasteiger partial charge in [0.1, 0.15) is 19.3 Å². The molecule has 0 bridgehead atoms.